The number of ether oxygens (including phenoxy) is 1. The van der Waals surface area contributed by atoms with Gasteiger partial charge in [0.15, 0.2) is 0 Å². The fraction of sp³-hybridized carbons (Fsp3) is 0.240. The van der Waals surface area contributed by atoms with E-state index < -0.39 is 0 Å². The molecule has 0 saturated heterocycles. The number of carbonyl (C=O) groups excluding carboxylic acids is 1. The first kappa shape index (κ1) is 20.6. The van der Waals surface area contributed by atoms with Crippen molar-refractivity contribution in [2.45, 2.75) is 26.3 Å². The first-order chi connectivity index (χ1) is 15.2. The van der Waals surface area contributed by atoms with Crippen LogP contribution in [0.5, 0.6) is 5.75 Å². The highest BCUT2D eigenvalue weighted by Crippen LogP contribution is 2.19. The Labute approximate surface area is 181 Å². The third-order valence-electron chi connectivity index (χ3n) is 5.17. The first-order valence-electron chi connectivity index (χ1n) is 10.5. The van der Waals surface area contributed by atoms with Gasteiger partial charge in [0.2, 0.25) is 0 Å². The van der Waals surface area contributed by atoms with Gasteiger partial charge in [0, 0.05) is 31.9 Å². The molecule has 6 nitrogen and oxygen atoms in total. The number of nitrogens with zero attached hydrogens (tertiary/aromatic N) is 3. The maximum atomic E-state index is 12.3. The number of nitrogens with one attached hydrogen (secondary N) is 1. The summed E-state index contributed by atoms with van der Waals surface area (Å²) in [6.45, 7) is 4.00. The van der Waals surface area contributed by atoms with Crippen molar-refractivity contribution in [2.24, 2.45) is 0 Å². The topological polar surface area (TPSA) is 69.0 Å². The Morgan fingerprint density at radius 2 is 1.90 bits per heavy atom. The van der Waals surface area contributed by atoms with Crippen LogP contribution in [-0.4, -0.2) is 33.6 Å². The normalized spacial score (nSPS) is 10.9. The van der Waals surface area contributed by atoms with Crippen LogP contribution in [0.4, 0.5) is 0 Å². The van der Waals surface area contributed by atoms with E-state index >= 15 is 0 Å². The van der Waals surface area contributed by atoms with Crippen LogP contribution >= 0.6 is 0 Å². The number of para-hydroxylation sites is 3. The summed E-state index contributed by atoms with van der Waals surface area (Å²) >= 11 is 0. The van der Waals surface area contributed by atoms with Crippen molar-refractivity contribution in [3.63, 3.8) is 0 Å². The molecule has 2 heterocycles. The van der Waals surface area contributed by atoms with E-state index in [-0.39, 0.29) is 5.91 Å². The van der Waals surface area contributed by atoms with Crippen LogP contribution in [0.2, 0.25) is 0 Å². The van der Waals surface area contributed by atoms with E-state index in [0.717, 1.165) is 41.1 Å². The van der Waals surface area contributed by atoms with Crippen LogP contribution in [0.1, 0.15) is 28.2 Å². The minimum absolute atomic E-state index is 0.123. The zero-order chi connectivity index (χ0) is 21.5. The molecule has 0 spiro atoms. The van der Waals surface area contributed by atoms with Crippen LogP contribution in [0, 0.1) is 6.92 Å². The molecule has 0 bridgehead atoms. The quantitative estimate of drug-likeness (QED) is 0.417. The summed E-state index contributed by atoms with van der Waals surface area (Å²) in [5.41, 5.74) is 3.77. The first-order valence-corrected chi connectivity index (χ1v) is 10.5. The van der Waals surface area contributed by atoms with Gasteiger partial charge in [-0.25, -0.2) is 4.98 Å². The minimum atomic E-state index is -0.123. The lowest BCUT2D eigenvalue weighted by molar-refractivity contribution is 0.0953. The second kappa shape index (κ2) is 9.89. The number of amides is 1. The van der Waals surface area contributed by atoms with Crippen molar-refractivity contribution in [1.82, 2.24) is 19.9 Å². The lowest BCUT2D eigenvalue weighted by atomic mass is 10.2. The number of pyridine rings is 1. The van der Waals surface area contributed by atoms with Crippen LogP contribution in [0.3, 0.4) is 0 Å². The van der Waals surface area contributed by atoms with Crippen molar-refractivity contribution in [3.8, 4) is 5.75 Å². The van der Waals surface area contributed by atoms with E-state index in [1.165, 1.54) is 0 Å². The molecule has 1 N–H and O–H groups in total. The van der Waals surface area contributed by atoms with E-state index in [1.54, 1.807) is 24.5 Å². The summed E-state index contributed by atoms with van der Waals surface area (Å²) in [6.07, 6.45) is 4.74. The number of hydrogen-bond acceptors (Lipinski definition) is 4. The number of benzene rings is 2. The van der Waals surface area contributed by atoms with Gasteiger partial charge in [-0.15, -0.1) is 0 Å². The molecule has 0 aliphatic rings. The average Bonchev–Trinajstić information content (AvgIpc) is 3.15. The van der Waals surface area contributed by atoms with Crippen LogP contribution in [0.25, 0.3) is 11.0 Å². The van der Waals surface area contributed by atoms with Crippen LogP contribution in [0.15, 0.2) is 73.1 Å². The average molecular weight is 415 g/mol. The number of imidazole rings is 1. The van der Waals surface area contributed by atoms with Crippen molar-refractivity contribution in [1.29, 1.82) is 0 Å². The molecule has 2 aromatic heterocycles. The molecule has 4 rings (SSSR count). The third kappa shape index (κ3) is 5.09. The second-order valence-corrected chi connectivity index (χ2v) is 7.38. The highest BCUT2D eigenvalue weighted by Gasteiger charge is 2.11. The highest BCUT2D eigenvalue weighted by atomic mass is 16.5. The van der Waals surface area contributed by atoms with Crippen molar-refractivity contribution >= 4 is 16.9 Å². The maximum Gasteiger partial charge on any atom is 0.252 e. The Morgan fingerprint density at radius 1 is 1.06 bits per heavy atom. The largest absolute Gasteiger partial charge is 0.493 e. The molecule has 158 valence electrons. The smallest absolute Gasteiger partial charge is 0.252 e. The summed E-state index contributed by atoms with van der Waals surface area (Å²) in [4.78, 5) is 21.1. The standard InChI is InChI=1S/C25H26N4O2/c1-19-8-2-5-12-23(19)31-17-7-16-29-22-11-4-3-10-21(22)28-24(29)13-15-27-25(30)20-9-6-14-26-18-20/h2-6,8-12,14,18H,7,13,15-17H2,1H3,(H,27,30). The zero-order valence-corrected chi connectivity index (χ0v) is 17.6. The van der Waals surface area contributed by atoms with Gasteiger partial charge in [0.25, 0.3) is 5.91 Å². The molecule has 0 saturated carbocycles. The van der Waals surface area contributed by atoms with Gasteiger partial charge in [-0.05, 0) is 49.2 Å². The van der Waals surface area contributed by atoms with Crippen LogP contribution < -0.4 is 10.1 Å². The predicted octanol–water partition coefficient (Wildman–Crippen LogP) is 4.18. The molecule has 0 unspecified atom stereocenters. The summed E-state index contributed by atoms with van der Waals surface area (Å²) < 4.78 is 8.18. The van der Waals surface area contributed by atoms with Crippen molar-refractivity contribution in [2.75, 3.05) is 13.2 Å². The fourth-order valence-corrected chi connectivity index (χ4v) is 3.58. The fourth-order valence-electron chi connectivity index (χ4n) is 3.58. The Morgan fingerprint density at radius 3 is 2.74 bits per heavy atom. The summed E-state index contributed by atoms with van der Waals surface area (Å²) in [6, 6.07) is 19.7. The Bertz CT molecular complexity index is 1150. The number of aromatic nitrogens is 3. The molecule has 1 amide bonds. The maximum absolute atomic E-state index is 12.3. The lowest BCUT2D eigenvalue weighted by Crippen LogP contribution is -2.26. The van der Waals surface area contributed by atoms with E-state index in [2.05, 4.69) is 33.9 Å². The molecule has 6 heteroatoms. The number of carbonyl (C=O) groups is 1. The van der Waals surface area contributed by atoms with Crippen molar-refractivity contribution in [3.05, 3.63) is 90.0 Å². The van der Waals surface area contributed by atoms with Gasteiger partial charge in [-0.3, -0.25) is 9.78 Å². The summed E-state index contributed by atoms with van der Waals surface area (Å²) in [5.74, 6) is 1.77. The minimum Gasteiger partial charge on any atom is -0.493 e. The number of fused-ring (bicyclic) bond motifs is 1. The van der Waals surface area contributed by atoms with Gasteiger partial charge in [0.05, 0.1) is 23.2 Å². The zero-order valence-electron chi connectivity index (χ0n) is 17.6. The Kier molecular flexibility index (Phi) is 6.57. The second-order valence-electron chi connectivity index (χ2n) is 7.38. The lowest BCUT2D eigenvalue weighted by Gasteiger charge is -2.12. The van der Waals surface area contributed by atoms with Gasteiger partial charge in [0.1, 0.15) is 11.6 Å². The third-order valence-corrected chi connectivity index (χ3v) is 5.17. The SMILES string of the molecule is Cc1ccccc1OCCCn1c(CCNC(=O)c2cccnc2)nc2ccccc21. The van der Waals surface area contributed by atoms with Gasteiger partial charge >= 0.3 is 0 Å². The summed E-state index contributed by atoms with van der Waals surface area (Å²) in [7, 11) is 0. The van der Waals surface area contributed by atoms with Crippen LogP contribution in [-0.2, 0) is 13.0 Å². The highest BCUT2D eigenvalue weighted by molar-refractivity contribution is 5.93. The number of hydrogen-bond donors (Lipinski definition) is 1. The van der Waals surface area contributed by atoms with E-state index in [1.807, 2.05) is 36.4 Å². The Balaban J connectivity index is 1.38. The molecular formula is C25H26N4O2. The van der Waals surface area contributed by atoms with Gasteiger partial charge in [-0.1, -0.05) is 30.3 Å². The molecular weight excluding hydrogens is 388 g/mol. The number of rotatable bonds is 9. The predicted molar refractivity (Wildman–Crippen MR) is 121 cm³/mol. The van der Waals surface area contributed by atoms with Gasteiger partial charge in [-0.2, -0.15) is 0 Å². The molecule has 4 aromatic rings. The van der Waals surface area contributed by atoms with E-state index in [0.29, 0.717) is 25.1 Å². The molecule has 2 aromatic carbocycles. The van der Waals surface area contributed by atoms with Crippen molar-refractivity contribution < 1.29 is 9.53 Å². The van der Waals surface area contributed by atoms with Gasteiger partial charge < -0.3 is 14.6 Å². The molecule has 31 heavy (non-hydrogen) atoms. The molecule has 0 atom stereocenters. The molecule has 0 aliphatic carbocycles. The number of aryl methyl sites for hydroxylation is 2. The summed E-state index contributed by atoms with van der Waals surface area (Å²) in [5, 5.41) is 2.96. The monoisotopic (exact) mass is 414 g/mol. The molecule has 0 fully saturated rings. The molecule has 0 radical (unpaired) electrons. The van der Waals surface area contributed by atoms with E-state index in [4.69, 9.17) is 9.72 Å². The molecule has 0 aliphatic heterocycles. The Hall–Kier alpha value is -3.67. The van der Waals surface area contributed by atoms with E-state index in [9.17, 15) is 4.79 Å².